The minimum Gasteiger partial charge on any atom is -0.444 e. The van der Waals surface area contributed by atoms with Gasteiger partial charge in [0.05, 0.1) is 0 Å². The molecule has 1 heterocycles. The zero-order valence-electron chi connectivity index (χ0n) is 12.3. The van der Waals surface area contributed by atoms with E-state index in [-0.39, 0.29) is 12.1 Å². The molecule has 0 unspecified atom stereocenters. The van der Waals surface area contributed by atoms with E-state index in [1.54, 1.807) is 11.3 Å². The lowest BCUT2D eigenvalue weighted by atomic mass is 10.1. The van der Waals surface area contributed by atoms with Gasteiger partial charge in [-0.1, -0.05) is 0 Å². The largest absolute Gasteiger partial charge is 0.444 e. The molecule has 112 valence electrons. The molecule has 20 heavy (non-hydrogen) atoms. The molecule has 6 heteroatoms. The molecule has 5 nitrogen and oxygen atoms in total. The van der Waals surface area contributed by atoms with Gasteiger partial charge in [-0.15, -0.1) is 11.3 Å². The molecular weight excluding hydrogens is 274 g/mol. The van der Waals surface area contributed by atoms with Crippen LogP contribution in [0.1, 0.15) is 45.0 Å². The number of aromatic nitrogens is 1. The van der Waals surface area contributed by atoms with Crippen LogP contribution >= 0.6 is 11.3 Å². The summed E-state index contributed by atoms with van der Waals surface area (Å²) < 4.78 is 5.31. The maximum absolute atomic E-state index is 11.8. The Bertz CT molecular complexity index is 428. The molecule has 1 amide bonds. The van der Waals surface area contributed by atoms with Crippen LogP contribution in [0.3, 0.4) is 0 Å². The molecular formula is C14H23N3O2S. The fourth-order valence-corrected chi connectivity index (χ4v) is 2.96. The van der Waals surface area contributed by atoms with Crippen molar-refractivity contribution in [3.05, 3.63) is 16.6 Å². The molecule has 0 saturated heterocycles. The first-order valence-electron chi connectivity index (χ1n) is 7.05. The van der Waals surface area contributed by atoms with Crippen molar-refractivity contribution < 1.29 is 9.53 Å². The van der Waals surface area contributed by atoms with E-state index in [4.69, 9.17) is 4.74 Å². The van der Waals surface area contributed by atoms with Gasteiger partial charge in [-0.2, -0.15) is 0 Å². The smallest absolute Gasteiger partial charge is 0.407 e. The monoisotopic (exact) mass is 297 g/mol. The minimum atomic E-state index is -0.452. The number of ether oxygens (including phenoxy) is 1. The molecule has 1 aromatic heterocycles. The third-order valence-electron chi connectivity index (χ3n) is 3.22. The van der Waals surface area contributed by atoms with Gasteiger partial charge in [0.2, 0.25) is 0 Å². The highest BCUT2D eigenvalue weighted by atomic mass is 32.1. The van der Waals surface area contributed by atoms with Gasteiger partial charge in [0.1, 0.15) is 10.6 Å². The lowest BCUT2D eigenvalue weighted by Crippen LogP contribution is -2.47. The lowest BCUT2D eigenvalue weighted by molar-refractivity contribution is 0.0498. The van der Waals surface area contributed by atoms with Crippen molar-refractivity contribution in [2.24, 2.45) is 0 Å². The maximum atomic E-state index is 11.8. The van der Waals surface area contributed by atoms with Crippen molar-refractivity contribution in [2.75, 3.05) is 0 Å². The number of carbonyl (C=O) groups is 1. The molecule has 1 saturated carbocycles. The van der Waals surface area contributed by atoms with E-state index in [1.165, 1.54) is 0 Å². The Hall–Kier alpha value is -1.14. The summed E-state index contributed by atoms with van der Waals surface area (Å²) in [5.41, 5.74) is -0.452. The van der Waals surface area contributed by atoms with Crippen LogP contribution in [-0.2, 0) is 11.3 Å². The summed E-state index contributed by atoms with van der Waals surface area (Å²) in [4.78, 5) is 16.1. The number of hydrogen-bond donors (Lipinski definition) is 2. The van der Waals surface area contributed by atoms with Gasteiger partial charge in [0, 0.05) is 30.2 Å². The molecule has 1 aliphatic carbocycles. The molecule has 0 spiro atoms. The van der Waals surface area contributed by atoms with Crippen LogP contribution in [0, 0.1) is 0 Å². The van der Waals surface area contributed by atoms with E-state index in [2.05, 4.69) is 15.6 Å². The van der Waals surface area contributed by atoms with E-state index >= 15 is 0 Å². The van der Waals surface area contributed by atoms with E-state index in [9.17, 15) is 4.79 Å². The Morgan fingerprint density at radius 2 is 2.20 bits per heavy atom. The van der Waals surface area contributed by atoms with Crippen LogP contribution in [-0.4, -0.2) is 28.8 Å². The van der Waals surface area contributed by atoms with Gasteiger partial charge in [-0.25, -0.2) is 9.78 Å². The maximum Gasteiger partial charge on any atom is 0.407 e. The first kappa shape index (κ1) is 15.3. The van der Waals surface area contributed by atoms with Crippen LogP contribution in [0.5, 0.6) is 0 Å². The van der Waals surface area contributed by atoms with Crippen LogP contribution in [0.2, 0.25) is 0 Å². The quantitative estimate of drug-likeness (QED) is 0.897. The second-order valence-corrected chi connectivity index (χ2v) is 7.08. The molecule has 2 N–H and O–H groups in total. The topological polar surface area (TPSA) is 63.2 Å². The number of amides is 1. The van der Waals surface area contributed by atoms with Crippen molar-refractivity contribution >= 4 is 17.4 Å². The number of hydrogen-bond acceptors (Lipinski definition) is 5. The number of nitrogens with zero attached hydrogens (tertiary/aromatic N) is 1. The van der Waals surface area contributed by atoms with Crippen molar-refractivity contribution in [3.8, 4) is 0 Å². The van der Waals surface area contributed by atoms with Gasteiger partial charge in [0.15, 0.2) is 0 Å². The molecule has 0 radical (unpaired) electrons. The molecule has 1 fully saturated rings. The van der Waals surface area contributed by atoms with E-state index < -0.39 is 5.60 Å². The Labute approximate surface area is 124 Å². The zero-order chi connectivity index (χ0) is 14.6. The Morgan fingerprint density at radius 1 is 1.45 bits per heavy atom. The second-order valence-electron chi connectivity index (χ2n) is 6.10. The fraction of sp³-hybridized carbons (Fsp3) is 0.714. The van der Waals surface area contributed by atoms with Crippen molar-refractivity contribution in [3.63, 3.8) is 0 Å². The molecule has 0 bridgehead atoms. The highest BCUT2D eigenvalue weighted by Crippen LogP contribution is 2.20. The standard InChI is InChI=1S/C14H23N3O2S/c1-14(2,3)19-13(18)17-11-6-4-5-10(11)16-9-12-15-7-8-20-12/h7-8,10-11,16H,4-6,9H2,1-3H3,(H,17,18)/t10-,11+/m1/s1. The summed E-state index contributed by atoms with van der Waals surface area (Å²) in [6.45, 7) is 6.38. The van der Waals surface area contributed by atoms with Gasteiger partial charge >= 0.3 is 6.09 Å². The van der Waals surface area contributed by atoms with Crippen molar-refractivity contribution in [2.45, 2.75) is 64.3 Å². The van der Waals surface area contributed by atoms with Crippen molar-refractivity contribution in [1.82, 2.24) is 15.6 Å². The average Bonchev–Trinajstić information content (AvgIpc) is 2.94. The SMILES string of the molecule is CC(C)(C)OC(=O)N[C@H]1CCC[C@H]1NCc1nccs1. The third-order valence-corrected chi connectivity index (χ3v) is 4.00. The lowest BCUT2D eigenvalue weighted by Gasteiger charge is -2.25. The average molecular weight is 297 g/mol. The molecule has 0 aromatic carbocycles. The molecule has 1 aromatic rings. The summed E-state index contributed by atoms with van der Waals surface area (Å²) in [6.07, 6.45) is 4.68. The summed E-state index contributed by atoms with van der Waals surface area (Å²) in [7, 11) is 0. The van der Waals surface area contributed by atoms with Gasteiger partial charge < -0.3 is 15.4 Å². The highest BCUT2D eigenvalue weighted by Gasteiger charge is 2.29. The number of alkyl carbamates (subject to hydrolysis) is 1. The molecule has 0 aliphatic heterocycles. The zero-order valence-corrected chi connectivity index (χ0v) is 13.1. The van der Waals surface area contributed by atoms with Gasteiger partial charge in [-0.3, -0.25) is 0 Å². The number of rotatable bonds is 4. The van der Waals surface area contributed by atoms with E-state index in [0.29, 0.717) is 6.04 Å². The third kappa shape index (κ3) is 4.76. The van der Waals surface area contributed by atoms with Crippen molar-refractivity contribution in [1.29, 1.82) is 0 Å². The molecule has 2 rings (SSSR count). The van der Waals surface area contributed by atoms with Gasteiger partial charge in [0.25, 0.3) is 0 Å². The number of carbonyl (C=O) groups excluding carboxylic acids is 1. The summed E-state index contributed by atoms with van der Waals surface area (Å²) in [5.74, 6) is 0. The summed E-state index contributed by atoms with van der Waals surface area (Å²) in [5, 5.41) is 9.51. The highest BCUT2D eigenvalue weighted by molar-refractivity contribution is 7.09. The fourth-order valence-electron chi connectivity index (χ4n) is 2.39. The first-order chi connectivity index (χ1) is 9.44. The number of nitrogens with one attached hydrogen (secondary N) is 2. The van der Waals surface area contributed by atoms with Crippen LogP contribution in [0.15, 0.2) is 11.6 Å². The normalized spacial score (nSPS) is 22.8. The predicted molar refractivity (Wildman–Crippen MR) is 79.8 cm³/mol. The number of thiazole rings is 1. The summed E-state index contributed by atoms with van der Waals surface area (Å²) >= 11 is 1.64. The van der Waals surface area contributed by atoms with Gasteiger partial charge in [-0.05, 0) is 40.0 Å². The Morgan fingerprint density at radius 3 is 2.85 bits per heavy atom. The predicted octanol–water partition coefficient (Wildman–Crippen LogP) is 2.68. The molecule has 1 aliphatic rings. The Balaban J connectivity index is 1.80. The Kier molecular flexibility index (Phi) is 4.99. The van der Waals surface area contributed by atoms with Crippen LogP contribution in [0.25, 0.3) is 0 Å². The summed E-state index contributed by atoms with van der Waals surface area (Å²) in [6, 6.07) is 0.441. The first-order valence-corrected chi connectivity index (χ1v) is 7.93. The van der Waals surface area contributed by atoms with E-state index in [0.717, 1.165) is 30.8 Å². The molecule has 2 atom stereocenters. The second kappa shape index (κ2) is 6.54. The van der Waals surface area contributed by atoms with Crippen LogP contribution in [0.4, 0.5) is 4.79 Å². The van der Waals surface area contributed by atoms with Crippen LogP contribution < -0.4 is 10.6 Å². The minimum absolute atomic E-state index is 0.143. The van der Waals surface area contributed by atoms with E-state index in [1.807, 2.05) is 32.3 Å².